The van der Waals surface area contributed by atoms with Crippen molar-refractivity contribution in [2.45, 2.75) is 45.7 Å². The Bertz CT molecular complexity index is 603. The summed E-state index contributed by atoms with van der Waals surface area (Å²) in [6.45, 7) is 6.00. The standard InChI is InChI=1S/C14H21N5O/c1-9(2)19-14-11(7-17-19)6-12(8-16-14)18-13(20)5-4-10(3)15/h6-10H,4-5,15H2,1-3H3,(H,18,20). The fourth-order valence-electron chi connectivity index (χ4n) is 1.97. The third-order valence-electron chi connectivity index (χ3n) is 3.03. The van der Waals surface area contributed by atoms with Crippen molar-refractivity contribution in [3.8, 4) is 0 Å². The van der Waals surface area contributed by atoms with Crippen LogP contribution in [-0.4, -0.2) is 26.7 Å². The Kier molecular flexibility index (Phi) is 4.34. The molecule has 0 aromatic carbocycles. The normalized spacial score (nSPS) is 12.8. The number of fused-ring (bicyclic) bond motifs is 1. The summed E-state index contributed by atoms with van der Waals surface area (Å²) in [6, 6.07) is 2.18. The number of carbonyl (C=O) groups excluding carboxylic acids is 1. The number of hydrogen-bond donors (Lipinski definition) is 2. The molecule has 0 aliphatic rings. The van der Waals surface area contributed by atoms with Crippen LogP contribution >= 0.6 is 0 Å². The molecule has 2 aromatic heterocycles. The zero-order chi connectivity index (χ0) is 14.7. The van der Waals surface area contributed by atoms with Gasteiger partial charge in [0.05, 0.1) is 18.1 Å². The van der Waals surface area contributed by atoms with Gasteiger partial charge >= 0.3 is 0 Å². The van der Waals surface area contributed by atoms with Crippen molar-refractivity contribution >= 4 is 22.6 Å². The van der Waals surface area contributed by atoms with Gasteiger partial charge in [-0.3, -0.25) is 4.79 Å². The lowest BCUT2D eigenvalue weighted by Crippen LogP contribution is -2.19. The maximum atomic E-state index is 11.8. The first-order valence-electron chi connectivity index (χ1n) is 6.86. The van der Waals surface area contributed by atoms with Crippen LogP contribution in [0.25, 0.3) is 11.0 Å². The molecule has 3 N–H and O–H groups in total. The lowest BCUT2D eigenvalue weighted by atomic mass is 10.2. The minimum absolute atomic E-state index is 0.0330. The van der Waals surface area contributed by atoms with E-state index >= 15 is 0 Å². The van der Waals surface area contributed by atoms with Crippen molar-refractivity contribution in [2.75, 3.05) is 5.32 Å². The van der Waals surface area contributed by atoms with Crippen molar-refractivity contribution in [3.05, 3.63) is 18.5 Å². The summed E-state index contributed by atoms with van der Waals surface area (Å²) in [5, 5.41) is 8.05. The van der Waals surface area contributed by atoms with E-state index in [0.29, 0.717) is 18.5 Å². The first-order chi connectivity index (χ1) is 9.47. The number of nitrogens with zero attached hydrogens (tertiary/aromatic N) is 3. The number of carbonyl (C=O) groups is 1. The molecule has 0 aliphatic heterocycles. The summed E-state index contributed by atoms with van der Waals surface area (Å²) < 4.78 is 1.86. The van der Waals surface area contributed by atoms with E-state index in [1.807, 2.05) is 17.7 Å². The SMILES string of the molecule is CC(N)CCC(=O)Nc1cnc2c(cnn2C(C)C)c1. The highest BCUT2D eigenvalue weighted by Gasteiger charge is 2.09. The Hall–Kier alpha value is -1.95. The lowest BCUT2D eigenvalue weighted by molar-refractivity contribution is -0.116. The van der Waals surface area contributed by atoms with Crippen LogP contribution in [0, 0.1) is 0 Å². The van der Waals surface area contributed by atoms with Gasteiger partial charge in [0, 0.05) is 23.9 Å². The molecule has 2 aromatic rings. The molecule has 2 heterocycles. The third-order valence-corrected chi connectivity index (χ3v) is 3.03. The molecule has 6 heteroatoms. The number of rotatable bonds is 5. The largest absolute Gasteiger partial charge is 0.328 e. The molecule has 1 unspecified atom stereocenters. The van der Waals surface area contributed by atoms with E-state index < -0.39 is 0 Å². The number of anilines is 1. The smallest absolute Gasteiger partial charge is 0.224 e. The summed E-state index contributed by atoms with van der Waals surface area (Å²) in [6.07, 6.45) is 4.51. The molecular weight excluding hydrogens is 254 g/mol. The number of nitrogens with one attached hydrogen (secondary N) is 1. The molecular formula is C14H21N5O. The lowest BCUT2D eigenvalue weighted by Gasteiger charge is -2.08. The quantitative estimate of drug-likeness (QED) is 0.874. The van der Waals surface area contributed by atoms with Crippen LogP contribution in [0.1, 0.15) is 39.7 Å². The van der Waals surface area contributed by atoms with Gasteiger partial charge in [0.2, 0.25) is 5.91 Å². The predicted octanol–water partition coefficient (Wildman–Crippen LogP) is 2.08. The molecule has 6 nitrogen and oxygen atoms in total. The van der Waals surface area contributed by atoms with Gasteiger partial charge in [-0.25, -0.2) is 9.67 Å². The highest BCUT2D eigenvalue weighted by molar-refractivity contribution is 5.92. The Morgan fingerprint density at radius 1 is 1.40 bits per heavy atom. The van der Waals surface area contributed by atoms with E-state index in [2.05, 4.69) is 29.2 Å². The van der Waals surface area contributed by atoms with Crippen molar-refractivity contribution in [1.82, 2.24) is 14.8 Å². The van der Waals surface area contributed by atoms with Gasteiger partial charge in [0.15, 0.2) is 5.65 Å². The Morgan fingerprint density at radius 3 is 2.80 bits per heavy atom. The van der Waals surface area contributed by atoms with E-state index in [1.165, 1.54) is 0 Å². The average Bonchev–Trinajstić information content (AvgIpc) is 2.79. The second-order valence-electron chi connectivity index (χ2n) is 5.38. The summed E-state index contributed by atoms with van der Waals surface area (Å²) in [5.74, 6) is -0.0419. The van der Waals surface area contributed by atoms with Gasteiger partial charge in [0.1, 0.15) is 0 Å². The molecule has 20 heavy (non-hydrogen) atoms. The van der Waals surface area contributed by atoms with E-state index in [4.69, 9.17) is 5.73 Å². The van der Waals surface area contributed by atoms with E-state index in [-0.39, 0.29) is 18.0 Å². The summed E-state index contributed by atoms with van der Waals surface area (Å²) in [4.78, 5) is 16.1. The Labute approximate surface area is 118 Å². The molecule has 0 saturated heterocycles. The van der Waals surface area contributed by atoms with Gasteiger partial charge in [-0.15, -0.1) is 0 Å². The molecule has 108 valence electrons. The molecule has 1 atom stereocenters. The van der Waals surface area contributed by atoms with Crippen LogP contribution in [-0.2, 0) is 4.79 Å². The number of pyridine rings is 1. The van der Waals surface area contributed by atoms with Crippen LogP contribution in [0.3, 0.4) is 0 Å². The molecule has 2 rings (SSSR count). The van der Waals surface area contributed by atoms with Crippen LogP contribution in [0.4, 0.5) is 5.69 Å². The minimum Gasteiger partial charge on any atom is -0.328 e. The third kappa shape index (κ3) is 3.33. The van der Waals surface area contributed by atoms with Crippen LogP contribution in [0.15, 0.2) is 18.5 Å². The summed E-state index contributed by atoms with van der Waals surface area (Å²) in [7, 11) is 0. The molecule has 0 spiro atoms. The first kappa shape index (κ1) is 14.5. The van der Waals surface area contributed by atoms with Gasteiger partial charge in [-0.2, -0.15) is 5.10 Å². The number of aromatic nitrogens is 3. The van der Waals surface area contributed by atoms with Crippen LogP contribution in [0.2, 0.25) is 0 Å². The summed E-state index contributed by atoms with van der Waals surface area (Å²) >= 11 is 0. The number of nitrogens with two attached hydrogens (primary N) is 1. The molecule has 0 radical (unpaired) electrons. The number of hydrogen-bond acceptors (Lipinski definition) is 4. The Morgan fingerprint density at radius 2 is 2.15 bits per heavy atom. The van der Waals surface area contributed by atoms with Crippen LogP contribution < -0.4 is 11.1 Å². The number of amides is 1. The van der Waals surface area contributed by atoms with Gasteiger partial charge in [-0.05, 0) is 33.3 Å². The van der Waals surface area contributed by atoms with Crippen LogP contribution in [0.5, 0.6) is 0 Å². The molecule has 0 bridgehead atoms. The zero-order valence-electron chi connectivity index (χ0n) is 12.1. The fraction of sp³-hybridized carbons (Fsp3) is 0.500. The zero-order valence-corrected chi connectivity index (χ0v) is 12.1. The fourth-order valence-corrected chi connectivity index (χ4v) is 1.97. The highest BCUT2D eigenvalue weighted by atomic mass is 16.1. The Balaban J connectivity index is 2.10. The van der Waals surface area contributed by atoms with Gasteiger partial charge in [-0.1, -0.05) is 0 Å². The summed E-state index contributed by atoms with van der Waals surface area (Å²) in [5.41, 5.74) is 7.15. The maximum absolute atomic E-state index is 11.8. The monoisotopic (exact) mass is 275 g/mol. The molecule has 1 amide bonds. The topological polar surface area (TPSA) is 85.8 Å². The second kappa shape index (κ2) is 6.00. The maximum Gasteiger partial charge on any atom is 0.224 e. The average molecular weight is 275 g/mol. The second-order valence-corrected chi connectivity index (χ2v) is 5.38. The van der Waals surface area contributed by atoms with E-state index in [0.717, 1.165) is 11.0 Å². The molecule has 0 fully saturated rings. The van der Waals surface area contributed by atoms with Crippen molar-refractivity contribution < 1.29 is 4.79 Å². The first-order valence-corrected chi connectivity index (χ1v) is 6.86. The van der Waals surface area contributed by atoms with Gasteiger partial charge in [0.25, 0.3) is 0 Å². The highest BCUT2D eigenvalue weighted by Crippen LogP contribution is 2.19. The minimum atomic E-state index is -0.0419. The van der Waals surface area contributed by atoms with Crippen molar-refractivity contribution in [1.29, 1.82) is 0 Å². The van der Waals surface area contributed by atoms with Crippen molar-refractivity contribution in [3.63, 3.8) is 0 Å². The molecule has 0 saturated carbocycles. The van der Waals surface area contributed by atoms with Crippen molar-refractivity contribution in [2.24, 2.45) is 5.73 Å². The van der Waals surface area contributed by atoms with E-state index in [9.17, 15) is 4.79 Å². The van der Waals surface area contributed by atoms with E-state index in [1.54, 1.807) is 12.4 Å². The molecule has 0 aliphatic carbocycles. The predicted molar refractivity (Wildman–Crippen MR) is 79.4 cm³/mol. The van der Waals surface area contributed by atoms with Gasteiger partial charge < -0.3 is 11.1 Å².